The molecule has 0 aliphatic rings. The summed E-state index contributed by atoms with van der Waals surface area (Å²) in [6, 6.07) is 15.2. The van der Waals surface area contributed by atoms with Crippen molar-refractivity contribution in [3.63, 3.8) is 0 Å². The normalized spacial score (nSPS) is 11.2. The van der Waals surface area contributed by atoms with Crippen molar-refractivity contribution in [3.05, 3.63) is 76.8 Å². The SMILES string of the molecule is C=CCn1c(SCc2ccccc2Cl)nnc1-c1cc2cc(Cl)ccc2o1. The van der Waals surface area contributed by atoms with Gasteiger partial charge in [0.25, 0.3) is 0 Å². The van der Waals surface area contributed by atoms with Crippen LogP contribution in [-0.4, -0.2) is 14.8 Å². The molecule has 0 radical (unpaired) electrons. The fraction of sp³-hybridized carbons (Fsp3) is 0.100. The van der Waals surface area contributed by atoms with Crippen LogP contribution in [0.5, 0.6) is 0 Å². The van der Waals surface area contributed by atoms with Crippen LogP contribution in [0.25, 0.3) is 22.6 Å². The van der Waals surface area contributed by atoms with Gasteiger partial charge in [-0.2, -0.15) is 0 Å². The zero-order valence-electron chi connectivity index (χ0n) is 14.2. The molecule has 4 aromatic rings. The van der Waals surface area contributed by atoms with Crippen molar-refractivity contribution in [1.29, 1.82) is 0 Å². The third-order valence-corrected chi connectivity index (χ3v) is 5.66. The van der Waals surface area contributed by atoms with E-state index in [1.54, 1.807) is 17.8 Å². The minimum atomic E-state index is 0.574. The molecule has 4 nitrogen and oxygen atoms in total. The van der Waals surface area contributed by atoms with Crippen molar-refractivity contribution in [2.45, 2.75) is 17.5 Å². The number of furan rings is 1. The van der Waals surface area contributed by atoms with E-state index >= 15 is 0 Å². The van der Waals surface area contributed by atoms with Gasteiger partial charge in [-0.05, 0) is 35.9 Å². The van der Waals surface area contributed by atoms with E-state index in [2.05, 4.69) is 16.8 Å². The van der Waals surface area contributed by atoms with Crippen LogP contribution in [0.4, 0.5) is 0 Å². The Hall–Kier alpha value is -2.21. The molecule has 0 fully saturated rings. The highest BCUT2D eigenvalue weighted by Crippen LogP contribution is 2.32. The lowest BCUT2D eigenvalue weighted by molar-refractivity contribution is 0.613. The van der Waals surface area contributed by atoms with Crippen LogP contribution in [-0.2, 0) is 12.3 Å². The second-order valence-corrected chi connectivity index (χ2v) is 7.66. The minimum absolute atomic E-state index is 0.574. The fourth-order valence-electron chi connectivity index (χ4n) is 2.75. The standard InChI is InChI=1S/C20H15Cl2N3OS/c1-2-9-25-19(18-11-14-10-15(21)7-8-17(14)26-18)23-24-20(25)27-12-13-5-3-4-6-16(13)22/h2-8,10-11H,1,9,12H2. The van der Waals surface area contributed by atoms with E-state index in [0.717, 1.165) is 26.7 Å². The maximum Gasteiger partial charge on any atom is 0.200 e. The van der Waals surface area contributed by atoms with Crippen LogP contribution in [0, 0.1) is 0 Å². The Morgan fingerprint density at radius 1 is 1.11 bits per heavy atom. The maximum atomic E-state index is 6.25. The molecule has 0 N–H and O–H groups in total. The monoisotopic (exact) mass is 415 g/mol. The Morgan fingerprint density at radius 2 is 1.96 bits per heavy atom. The van der Waals surface area contributed by atoms with E-state index in [1.165, 1.54) is 0 Å². The number of halogens is 2. The molecule has 0 bridgehead atoms. The zero-order chi connectivity index (χ0) is 18.8. The van der Waals surface area contributed by atoms with E-state index < -0.39 is 0 Å². The molecule has 2 heterocycles. The summed E-state index contributed by atoms with van der Waals surface area (Å²) in [6.07, 6.45) is 1.81. The summed E-state index contributed by atoms with van der Waals surface area (Å²) >= 11 is 13.9. The van der Waals surface area contributed by atoms with Crippen LogP contribution < -0.4 is 0 Å². The number of rotatable bonds is 6. The molecule has 0 saturated carbocycles. The van der Waals surface area contributed by atoms with Gasteiger partial charge in [0.1, 0.15) is 5.58 Å². The lowest BCUT2D eigenvalue weighted by Crippen LogP contribution is -2.00. The summed E-state index contributed by atoms with van der Waals surface area (Å²) in [5, 5.41) is 11.8. The number of allylic oxidation sites excluding steroid dienone is 1. The summed E-state index contributed by atoms with van der Waals surface area (Å²) in [5.41, 5.74) is 1.81. The Kier molecular flexibility index (Phi) is 5.25. The van der Waals surface area contributed by atoms with Crippen LogP contribution in [0.15, 0.2) is 70.8 Å². The molecular formula is C20H15Cl2N3OS. The number of aromatic nitrogens is 3. The Balaban J connectivity index is 1.67. The molecule has 0 amide bonds. The van der Waals surface area contributed by atoms with Crippen LogP contribution in [0.1, 0.15) is 5.56 Å². The number of thioether (sulfide) groups is 1. The maximum absolute atomic E-state index is 6.25. The van der Waals surface area contributed by atoms with Gasteiger partial charge in [0, 0.05) is 27.7 Å². The molecule has 27 heavy (non-hydrogen) atoms. The first-order chi connectivity index (χ1) is 13.2. The van der Waals surface area contributed by atoms with Gasteiger partial charge in [-0.25, -0.2) is 0 Å². The lowest BCUT2D eigenvalue weighted by Gasteiger charge is -2.07. The van der Waals surface area contributed by atoms with Crippen molar-refractivity contribution in [2.24, 2.45) is 0 Å². The zero-order valence-corrected chi connectivity index (χ0v) is 16.6. The van der Waals surface area contributed by atoms with Gasteiger partial charge in [-0.1, -0.05) is 59.2 Å². The van der Waals surface area contributed by atoms with Gasteiger partial charge in [0.15, 0.2) is 10.9 Å². The highest BCUT2D eigenvalue weighted by molar-refractivity contribution is 7.98. The molecule has 2 aromatic heterocycles. The number of nitrogens with zero attached hydrogens (tertiary/aromatic N) is 3. The number of hydrogen-bond donors (Lipinski definition) is 0. The molecule has 136 valence electrons. The second-order valence-electron chi connectivity index (χ2n) is 5.88. The molecule has 0 aliphatic heterocycles. The molecule has 0 spiro atoms. The lowest BCUT2D eigenvalue weighted by atomic mass is 10.2. The van der Waals surface area contributed by atoms with Crippen molar-refractivity contribution < 1.29 is 4.42 Å². The van der Waals surface area contributed by atoms with Crippen molar-refractivity contribution >= 4 is 45.9 Å². The third kappa shape index (κ3) is 3.76. The largest absolute Gasteiger partial charge is 0.453 e. The molecule has 7 heteroatoms. The number of hydrogen-bond acceptors (Lipinski definition) is 4. The van der Waals surface area contributed by atoms with Gasteiger partial charge in [0.05, 0.1) is 0 Å². The molecule has 0 atom stereocenters. The smallest absolute Gasteiger partial charge is 0.200 e. The first kappa shape index (κ1) is 18.2. The molecule has 4 rings (SSSR count). The number of fused-ring (bicyclic) bond motifs is 1. The third-order valence-electron chi connectivity index (χ3n) is 4.04. The number of benzene rings is 2. The van der Waals surface area contributed by atoms with E-state index in [1.807, 2.05) is 53.1 Å². The predicted octanol–water partition coefficient (Wildman–Crippen LogP) is 6.48. The summed E-state index contributed by atoms with van der Waals surface area (Å²) < 4.78 is 7.92. The molecule has 0 saturated heterocycles. The second kappa shape index (κ2) is 7.80. The van der Waals surface area contributed by atoms with Crippen molar-refractivity contribution in [3.8, 4) is 11.6 Å². The van der Waals surface area contributed by atoms with Gasteiger partial charge in [-0.15, -0.1) is 16.8 Å². The summed E-state index contributed by atoms with van der Waals surface area (Å²) in [4.78, 5) is 0. The summed E-state index contributed by atoms with van der Waals surface area (Å²) in [7, 11) is 0. The first-order valence-corrected chi connectivity index (χ1v) is 9.99. The first-order valence-electron chi connectivity index (χ1n) is 8.25. The minimum Gasteiger partial charge on any atom is -0.453 e. The topological polar surface area (TPSA) is 43.9 Å². The quantitative estimate of drug-likeness (QED) is 0.267. The van der Waals surface area contributed by atoms with Crippen LogP contribution in [0.2, 0.25) is 10.0 Å². The Labute approximate surface area is 170 Å². The highest BCUT2D eigenvalue weighted by atomic mass is 35.5. The van der Waals surface area contributed by atoms with Crippen molar-refractivity contribution in [1.82, 2.24) is 14.8 Å². The van der Waals surface area contributed by atoms with Gasteiger partial charge < -0.3 is 4.42 Å². The molecule has 0 aliphatic carbocycles. The fourth-order valence-corrected chi connectivity index (χ4v) is 4.17. The average Bonchev–Trinajstić information content (AvgIpc) is 3.25. The summed E-state index contributed by atoms with van der Waals surface area (Å²) in [5.74, 6) is 2.00. The van der Waals surface area contributed by atoms with Gasteiger partial charge in [-0.3, -0.25) is 4.57 Å². The van der Waals surface area contributed by atoms with Gasteiger partial charge in [0.2, 0.25) is 5.82 Å². The molecule has 2 aromatic carbocycles. The van der Waals surface area contributed by atoms with E-state index in [9.17, 15) is 0 Å². The van der Waals surface area contributed by atoms with E-state index in [-0.39, 0.29) is 0 Å². The van der Waals surface area contributed by atoms with E-state index in [4.69, 9.17) is 27.6 Å². The Bertz CT molecular complexity index is 1120. The molecule has 0 unspecified atom stereocenters. The molecular weight excluding hydrogens is 401 g/mol. The highest BCUT2D eigenvalue weighted by Gasteiger charge is 2.17. The summed E-state index contributed by atoms with van der Waals surface area (Å²) in [6.45, 7) is 4.42. The van der Waals surface area contributed by atoms with E-state index in [0.29, 0.717) is 28.9 Å². The van der Waals surface area contributed by atoms with Crippen LogP contribution in [0.3, 0.4) is 0 Å². The van der Waals surface area contributed by atoms with Crippen LogP contribution >= 0.6 is 35.0 Å². The Morgan fingerprint density at radius 3 is 2.78 bits per heavy atom. The predicted molar refractivity (Wildman–Crippen MR) is 111 cm³/mol. The van der Waals surface area contributed by atoms with Crippen molar-refractivity contribution in [2.75, 3.05) is 0 Å². The average molecular weight is 416 g/mol. The van der Waals surface area contributed by atoms with Gasteiger partial charge >= 0.3 is 0 Å².